The largest absolute Gasteiger partial charge is 0.355 e. The number of nitrogens with zero attached hydrogens (tertiary/aromatic N) is 5. The SMILES string of the molecule is O=C(C1CCN(c2cnccn2)CC1)N1CCN(C2CCCC2)CC1. The van der Waals surface area contributed by atoms with Crippen molar-refractivity contribution >= 4 is 11.7 Å². The smallest absolute Gasteiger partial charge is 0.225 e. The Balaban J connectivity index is 1.25. The number of piperazine rings is 1. The lowest BCUT2D eigenvalue weighted by Crippen LogP contribution is -2.53. The van der Waals surface area contributed by atoms with Crippen molar-refractivity contribution in [3.63, 3.8) is 0 Å². The van der Waals surface area contributed by atoms with E-state index in [2.05, 4.69) is 24.7 Å². The summed E-state index contributed by atoms with van der Waals surface area (Å²) in [6, 6.07) is 0.785. The highest BCUT2D eigenvalue weighted by Gasteiger charge is 2.32. The lowest BCUT2D eigenvalue weighted by atomic mass is 9.95. The van der Waals surface area contributed by atoms with Gasteiger partial charge in [-0.3, -0.25) is 14.7 Å². The minimum absolute atomic E-state index is 0.186. The maximum absolute atomic E-state index is 12.9. The van der Waals surface area contributed by atoms with E-state index in [0.717, 1.165) is 64.0 Å². The summed E-state index contributed by atoms with van der Waals surface area (Å²) >= 11 is 0. The van der Waals surface area contributed by atoms with Crippen molar-refractivity contribution in [3.05, 3.63) is 18.6 Å². The number of carbonyl (C=O) groups is 1. The molecule has 0 aromatic carbocycles. The molecule has 0 atom stereocenters. The molecule has 136 valence electrons. The first-order chi connectivity index (χ1) is 12.3. The summed E-state index contributed by atoms with van der Waals surface area (Å²) in [5.41, 5.74) is 0. The van der Waals surface area contributed by atoms with Crippen LogP contribution in [0.4, 0.5) is 5.82 Å². The summed E-state index contributed by atoms with van der Waals surface area (Å²) < 4.78 is 0. The Morgan fingerprint density at radius 2 is 1.64 bits per heavy atom. The van der Waals surface area contributed by atoms with E-state index < -0.39 is 0 Å². The molecule has 1 aromatic heterocycles. The van der Waals surface area contributed by atoms with Gasteiger partial charge in [0.2, 0.25) is 5.91 Å². The third-order valence-electron chi connectivity index (χ3n) is 6.18. The van der Waals surface area contributed by atoms with Crippen LogP contribution in [0, 0.1) is 5.92 Å². The number of hydrogen-bond donors (Lipinski definition) is 0. The molecule has 3 heterocycles. The molecule has 3 fully saturated rings. The van der Waals surface area contributed by atoms with Crippen LogP contribution in [-0.4, -0.2) is 71.0 Å². The number of hydrogen-bond acceptors (Lipinski definition) is 5. The van der Waals surface area contributed by atoms with Crippen LogP contribution in [0.3, 0.4) is 0 Å². The van der Waals surface area contributed by atoms with Gasteiger partial charge >= 0.3 is 0 Å². The van der Waals surface area contributed by atoms with E-state index in [4.69, 9.17) is 0 Å². The molecule has 1 aliphatic carbocycles. The summed E-state index contributed by atoms with van der Waals surface area (Å²) in [6.45, 7) is 5.76. The van der Waals surface area contributed by atoms with Gasteiger partial charge in [-0.2, -0.15) is 0 Å². The summed E-state index contributed by atoms with van der Waals surface area (Å²) in [5, 5.41) is 0. The topological polar surface area (TPSA) is 52.6 Å². The number of rotatable bonds is 3. The third kappa shape index (κ3) is 3.78. The van der Waals surface area contributed by atoms with Gasteiger partial charge < -0.3 is 9.80 Å². The van der Waals surface area contributed by atoms with Crippen LogP contribution in [-0.2, 0) is 4.79 Å². The van der Waals surface area contributed by atoms with Crippen molar-refractivity contribution in [2.24, 2.45) is 5.92 Å². The Bertz CT molecular complexity index is 558. The minimum Gasteiger partial charge on any atom is -0.355 e. The molecule has 0 radical (unpaired) electrons. The molecule has 4 rings (SSSR count). The van der Waals surface area contributed by atoms with Gasteiger partial charge in [0.1, 0.15) is 5.82 Å². The molecule has 25 heavy (non-hydrogen) atoms. The standard InChI is InChI=1S/C19H29N5O/c25-19(24-13-11-22(12-14-24)17-3-1-2-4-17)16-5-9-23(10-6-16)18-15-20-7-8-21-18/h7-8,15-17H,1-6,9-14H2. The number of amides is 1. The zero-order valence-electron chi connectivity index (χ0n) is 15.0. The first-order valence-electron chi connectivity index (χ1n) is 9.85. The second-order valence-corrected chi connectivity index (χ2v) is 7.62. The van der Waals surface area contributed by atoms with E-state index in [0.29, 0.717) is 5.91 Å². The zero-order chi connectivity index (χ0) is 17.1. The molecule has 1 amide bonds. The summed E-state index contributed by atoms with van der Waals surface area (Å²) in [6.07, 6.45) is 12.6. The molecule has 0 bridgehead atoms. The van der Waals surface area contributed by atoms with E-state index in [1.807, 2.05) is 6.20 Å². The Morgan fingerprint density at radius 1 is 0.920 bits per heavy atom. The van der Waals surface area contributed by atoms with Crippen molar-refractivity contribution in [1.29, 1.82) is 0 Å². The van der Waals surface area contributed by atoms with Crippen LogP contribution in [0.2, 0.25) is 0 Å². The van der Waals surface area contributed by atoms with Crippen molar-refractivity contribution in [2.75, 3.05) is 44.2 Å². The maximum Gasteiger partial charge on any atom is 0.225 e. The monoisotopic (exact) mass is 343 g/mol. The lowest BCUT2D eigenvalue weighted by molar-refractivity contribution is -0.138. The molecule has 6 heteroatoms. The van der Waals surface area contributed by atoms with Gasteiger partial charge in [-0.25, -0.2) is 4.98 Å². The second kappa shape index (κ2) is 7.68. The van der Waals surface area contributed by atoms with Crippen LogP contribution in [0.1, 0.15) is 38.5 Å². The van der Waals surface area contributed by atoms with Crippen molar-refractivity contribution < 1.29 is 4.79 Å². The molecule has 0 unspecified atom stereocenters. The van der Waals surface area contributed by atoms with Crippen molar-refractivity contribution in [3.8, 4) is 0 Å². The Morgan fingerprint density at radius 3 is 2.28 bits per heavy atom. The fourth-order valence-corrected chi connectivity index (χ4v) is 4.65. The molecule has 3 aliphatic rings. The molecule has 6 nitrogen and oxygen atoms in total. The second-order valence-electron chi connectivity index (χ2n) is 7.62. The van der Waals surface area contributed by atoms with E-state index >= 15 is 0 Å². The third-order valence-corrected chi connectivity index (χ3v) is 6.18. The fraction of sp³-hybridized carbons (Fsp3) is 0.737. The van der Waals surface area contributed by atoms with Crippen molar-refractivity contribution in [1.82, 2.24) is 19.8 Å². The van der Waals surface area contributed by atoms with Gasteiger partial charge in [-0.15, -0.1) is 0 Å². The molecule has 2 saturated heterocycles. The van der Waals surface area contributed by atoms with Gasteiger partial charge in [0.25, 0.3) is 0 Å². The Kier molecular flexibility index (Phi) is 5.15. The zero-order valence-corrected chi connectivity index (χ0v) is 15.0. The number of anilines is 1. The lowest BCUT2D eigenvalue weighted by Gasteiger charge is -2.40. The molecule has 2 aliphatic heterocycles. The normalized spacial score (nSPS) is 24.0. The quantitative estimate of drug-likeness (QED) is 0.837. The van der Waals surface area contributed by atoms with Crippen LogP contribution < -0.4 is 4.90 Å². The Hall–Kier alpha value is -1.69. The van der Waals surface area contributed by atoms with E-state index in [1.165, 1.54) is 25.7 Å². The van der Waals surface area contributed by atoms with E-state index in [-0.39, 0.29) is 5.92 Å². The van der Waals surface area contributed by atoms with Crippen LogP contribution in [0.25, 0.3) is 0 Å². The summed E-state index contributed by atoms with van der Waals surface area (Å²) in [4.78, 5) is 28.4. The number of carbonyl (C=O) groups excluding carboxylic acids is 1. The van der Waals surface area contributed by atoms with Crippen LogP contribution >= 0.6 is 0 Å². The van der Waals surface area contributed by atoms with Gasteiger partial charge in [0.15, 0.2) is 0 Å². The number of aromatic nitrogens is 2. The molecule has 0 N–H and O–H groups in total. The van der Waals surface area contributed by atoms with Crippen LogP contribution in [0.15, 0.2) is 18.6 Å². The Labute approximate surface area is 150 Å². The molecule has 1 aromatic rings. The molecular formula is C19H29N5O. The average Bonchev–Trinajstić information content (AvgIpc) is 3.23. The average molecular weight is 343 g/mol. The number of piperidine rings is 1. The highest BCUT2D eigenvalue weighted by molar-refractivity contribution is 5.79. The minimum atomic E-state index is 0.186. The first-order valence-corrected chi connectivity index (χ1v) is 9.85. The highest BCUT2D eigenvalue weighted by atomic mass is 16.2. The van der Waals surface area contributed by atoms with Gasteiger partial charge in [-0.05, 0) is 25.7 Å². The van der Waals surface area contributed by atoms with Gasteiger partial charge in [0.05, 0.1) is 6.20 Å². The van der Waals surface area contributed by atoms with Crippen molar-refractivity contribution in [2.45, 2.75) is 44.6 Å². The highest BCUT2D eigenvalue weighted by Crippen LogP contribution is 2.26. The predicted molar refractivity (Wildman–Crippen MR) is 97.4 cm³/mol. The van der Waals surface area contributed by atoms with Gasteiger partial charge in [-0.1, -0.05) is 12.8 Å². The van der Waals surface area contributed by atoms with Crippen LogP contribution in [0.5, 0.6) is 0 Å². The molecular weight excluding hydrogens is 314 g/mol. The first kappa shape index (κ1) is 16.8. The maximum atomic E-state index is 12.9. The predicted octanol–water partition coefficient (Wildman–Crippen LogP) is 1.78. The fourth-order valence-electron chi connectivity index (χ4n) is 4.65. The van der Waals surface area contributed by atoms with E-state index in [1.54, 1.807) is 12.4 Å². The summed E-state index contributed by atoms with van der Waals surface area (Å²) in [7, 11) is 0. The summed E-state index contributed by atoms with van der Waals surface area (Å²) in [5.74, 6) is 1.49. The molecule has 1 saturated carbocycles. The van der Waals surface area contributed by atoms with Gasteiger partial charge in [0, 0.05) is 63.6 Å². The van der Waals surface area contributed by atoms with E-state index in [9.17, 15) is 4.79 Å². The molecule has 0 spiro atoms.